The van der Waals surface area contributed by atoms with Gasteiger partial charge in [-0.2, -0.15) is 13.2 Å². The summed E-state index contributed by atoms with van der Waals surface area (Å²) in [4.78, 5) is 27.2. The Morgan fingerprint density at radius 2 is 1.90 bits per heavy atom. The third kappa shape index (κ3) is 1.61. The molecule has 2 aliphatic heterocycles. The van der Waals surface area contributed by atoms with Crippen LogP contribution in [-0.4, -0.2) is 52.0 Å². The first kappa shape index (κ1) is 13.7. The maximum atomic E-state index is 13.3. The highest BCUT2D eigenvalue weighted by Crippen LogP contribution is 2.55. The number of piperazine rings is 1. The molecular weight excluding hydrogens is 273 g/mol. The van der Waals surface area contributed by atoms with Crippen LogP contribution in [0.1, 0.15) is 39.0 Å². The third-order valence-electron chi connectivity index (χ3n) is 4.75. The molecule has 2 saturated heterocycles. The molecule has 3 aliphatic rings. The van der Waals surface area contributed by atoms with Gasteiger partial charge in [-0.3, -0.25) is 9.59 Å². The smallest absolute Gasteiger partial charge is 0.329 e. The summed E-state index contributed by atoms with van der Waals surface area (Å²) in [6.07, 6.45) is -3.24. The van der Waals surface area contributed by atoms with E-state index >= 15 is 0 Å². The van der Waals surface area contributed by atoms with E-state index in [0.29, 0.717) is 19.4 Å². The molecule has 3 rings (SSSR count). The molecule has 3 fully saturated rings. The summed E-state index contributed by atoms with van der Waals surface area (Å²) in [7, 11) is 0. The second-order valence-corrected chi connectivity index (χ2v) is 5.85. The van der Waals surface area contributed by atoms with Crippen LogP contribution in [0.2, 0.25) is 0 Å². The number of amides is 2. The maximum Gasteiger partial charge on any atom is 0.411 e. The zero-order chi connectivity index (χ0) is 14.7. The van der Waals surface area contributed by atoms with Crippen molar-refractivity contribution in [2.45, 2.75) is 62.8 Å². The second kappa shape index (κ2) is 4.11. The monoisotopic (exact) mass is 290 g/mol. The lowest BCUT2D eigenvalue weighted by Gasteiger charge is -2.46. The molecule has 1 aliphatic carbocycles. The highest BCUT2D eigenvalue weighted by Gasteiger charge is 2.71. The molecule has 2 heterocycles. The molecule has 0 aromatic carbocycles. The number of halogens is 3. The van der Waals surface area contributed by atoms with Crippen LogP contribution in [-0.2, 0) is 9.59 Å². The number of carbonyl (C=O) groups excluding carboxylic acids is 2. The largest absolute Gasteiger partial charge is 0.411 e. The Morgan fingerprint density at radius 3 is 2.40 bits per heavy atom. The van der Waals surface area contributed by atoms with E-state index in [4.69, 9.17) is 0 Å². The van der Waals surface area contributed by atoms with E-state index in [2.05, 4.69) is 0 Å². The van der Waals surface area contributed by atoms with Gasteiger partial charge in [0.15, 0.2) is 0 Å². The Hall–Kier alpha value is -1.27. The van der Waals surface area contributed by atoms with Crippen LogP contribution < -0.4 is 0 Å². The van der Waals surface area contributed by atoms with Crippen molar-refractivity contribution in [1.82, 2.24) is 9.80 Å². The van der Waals surface area contributed by atoms with Crippen molar-refractivity contribution in [3.63, 3.8) is 0 Å². The number of rotatable bonds is 2. The highest BCUT2D eigenvalue weighted by atomic mass is 19.4. The summed E-state index contributed by atoms with van der Waals surface area (Å²) in [6, 6.07) is -1.63. The van der Waals surface area contributed by atoms with Gasteiger partial charge in [0, 0.05) is 6.54 Å². The first-order valence-electron chi connectivity index (χ1n) is 7.04. The fraction of sp³-hybridized carbons (Fsp3) is 0.846. The summed E-state index contributed by atoms with van der Waals surface area (Å²) in [6.45, 7) is 2.14. The standard InChI is InChI=1S/C13H17F3N2O2/c1-2-8-10(19)17-7-3-4-9(17)11(20)18(8)12(5-6-12)13(14,15)16/h8-9H,2-7H2,1H3. The molecule has 0 aromatic rings. The minimum atomic E-state index is -4.46. The van der Waals surface area contributed by atoms with Crippen LogP contribution in [0.3, 0.4) is 0 Å². The minimum Gasteiger partial charge on any atom is -0.329 e. The zero-order valence-corrected chi connectivity index (χ0v) is 11.2. The van der Waals surface area contributed by atoms with Crippen molar-refractivity contribution >= 4 is 11.8 Å². The van der Waals surface area contributed by atoms with Gasteiger partial charge in [-0.25, -0.2) is 0 Å². The van der Waals surface area contributed by atoms with Gasteiger partial charge in [0.2, 0.25) is 11.8 Å². The minimum absolute atomic E-state index is 0.0846. The normalized spacial score (nSPS) is 32.6. The summed E-state index contributed by atoms with van der Waals surface area (Å²) in [5.74, 6) is -0.825. The Morgan fingerprint density at radius 1 is 1.25 bits per heavy atom. The molecule has 0 bridgehead atoms. The van der Waals surface area contributed by atoms with Crippen molar-refractivity contribution in [2.75, 3.05) is 6.54 Å². The molecule has 2 amide bonds. The van der Waals surface area contributed by atoms with E-state index in [0.717, 1.165) is 4.90 Å². The Balaban J connectivity index is 2.00. The van der Waals surface area contributed by atoms with Crippen LogP contribution in [0, 0.1) is 0 Å². The van der Waals surface area contributed by atoms with Crippen molar-refractivity contribution in [2.24, 2.45) is 0 Å². The van der Waals surface area contributed by atoms with E-state index in [1.165, 1.54) is 4.90 Å². The van der Waals surface area contributed by atoms with Gasteiger partial charge in [-0.1, -0.05) is 6.92 Å². The van der Waals surface area contributed by atoms with E-state index in [1.54, 1.807) is 6.92 Å². The molecule has 0 aromatic heterocycles. The van der Waals surface area contributed by atoms with Crippen LogP contribution >= 0.6 is 0 Å². The molecule has 0 N–H and O–H groups in total. The number of hydrogen-bond acceptors (Lipinski definition) is 2. The van der Waals surface area contributed by atoms with Gasteiger partial charge < -0.3 is 9.80 Å². The third-order valence-corrected chi connectivity index (χ3v) is 4.75. The van der Waals surface area contributed by atoms with Gasteiger partial charge in [-0.05, 0) is 32.1 Å². The Bertz CT molecular complexity index is 459. The molecule has 4 nitrogen and oxygen atoms in total. The summed E-state index contributed by atoms with van der Waals surface area (Å²) in [5.41, 5.74) is -2.09. The second-order valence-electron chi connectivity index (χ2n) is 5.85. The van der Waals surface area contributed by atoms with Gasteiger partial charge in [0.05, 0.1) is 0 Å². The molecule has 112 valence electrons. The van der Waals surface area contributed by atoms with Gasteiger partial charge >= 0.3 is 6.18 Å². The lowest BCUT2D eigenvalue weighted by atomic mass is 9.99. The first-order valence-corrected chi connectivity index (χ1v) is 7.04. The summed E-state index contributed by atoms with van der Waals surface area (Å²) in [5, 5.41) is 0. The van der Waals surface area contributed by atoms with Crippen molar-refractivity contribution in [3.8, 4) is 0 Å². The molecule has 1 saturated carbocycles. The maximum absolute atomic E-state index is 13.3. The van der Waals surface area contributed by atoms with Crippen LogP contribution in [0.25, 0.3) is 0 Å². The Kier molecular flexibility index (Phi) is 2.82. The summed E-state index contributed by atoms with van der Waals surface area (Å²) >= 11 is 0. The number of nitrogens with zero attached hydrogens (tertiary/aromatic N) is 2. The van der Waals surface area contributed by atoms with Crippen LogP contribution in [0.5, 0.6) is 0 Å². The highest BCUT2D eigenvalue weighted by molar-refractivity contribution is 5.98. The zero-order valence-electron chi connectivity index (χ0n) is 11.2. The van der Waals surface area contributed by atoms with Gasteiger partial charge in [-0.15, -0.1) is 0 Å². The van der Waals surface area contributed by atoms with E-state index < -0.39 is 29.7 Å². The molecule has 20 heavy (non-hydrogen) atoms. The van der Waals surface area contributed by atoms with Crippen molar-refractivity contribution in [1.29, 1.82) is 0 Å². The predicted octanol–water partition coefficient (Wildman–Crippen LogP) is 1.69. The fourth-order valence-electron chi connectivity index (χ4n) is 3.55. The molecule has 0 spiro atoms. The van der Waals surface area contributed by atoms with Crippen molar-refractivity contribution in [3.05, 3.63) is 0 Å². The average molecular weight is 290 g/mol. The number of hydrogen-bond donors (Lipinski definition) is 0. The Labute approximate surface area is 114 Å². The number of fused-ring (bicyclic) bond motifs is 1. The van der Waals surface area contributed by atoms with E-state index in [-0.39, 0.29) is 25.2 Å². The van der Waals surface area contributed by atoms with Crippen molar-refractivity contribution < 1.29 is 22.8 Å². The topological polar surface area (TPSA) is 40.6 Å². The molecule has 7 heteroatoms. The van der Waals surface area contributed by atoms with Gasteiger partial charge in [0.25, 0.3) is 0 Å². The lowest BCUT2D eigenvalue weighted by molar-refractivity contribution is -0.213. The predicted molar refractivity (Wildman–Crippen MR) is 63.7 cm³/mol. The molecular formula is C13H17F3N2O2. The SMILES string of the molecule is CCC1C(=O)N2CCCC2C(=O)N1C1(C(F)(F)F)CC1. The summed E-state index contributed by atoms with van der Waals surface area (Å²) < 4.78 is 39.9. The van der Waals surface area contributed by atoms with Gasteiger partial charge in [0.1, 0.15) is 17.6 Å². The van der Waals surface area contributed by atoms with Crippen LogP contribution in [0.4, 0.5) is 13.2 Å². The fourth-order valence-corrected chi connectivity index (χ4v) is 3.55. The molecule has 0 radical (unpaired) electrons. The molecule has 2 atom stereocenters. The lowest BCUT2D eigenvalue weighted by Crippen LogP contribution is -2.68. The number of carbonyl (C=O) groups is 2. The molecule has 2 unspecified atom stereocenters. The quantitative estimate of drug-likeness (QED) is 0.776. The van der Waals surface area contributed by atoms with Crippen LogP contribution in [0.15, 0.2) is 0 Å². The van der Waals surface area contributed by atoms with E-state index in [9.17, 15) is 22.8 Å². The van der Waals surface area contributed by atoms with E-state index in [1.807, 2.05) is 0 Å². The average Bonchev–Trinajstić information content (AvgIpc) is 3.02. The first-order chi connectivity index (χ1) is 9.33. The number of alkyl halides is 3.